The molecular formula is C11H17ClF2N2O. The molecule has 0 radical (unpaired) electrons. The van der Waals surface area contributed by atoms with Crippen LogP contribution in [0.2, 0.25) is 0 Å². The van der Waals surface area contributed by atoms with E-state index in [9.17, 15) is 8.78 Å². The van der Waals surface area contributed by atoms with Crippen LogP contribution in [-0.2, 0) is 6.54 Å². The van der Waals surface area contributed by atoms with Crippen LogP contribution in [0, 0.1) is 0 Å². The Labute approximate surface area is 106 Å². The number of ether oxygens (including phenoxy) is 1. The van der Waals surface area contributed by atoms with Gasteiger partial charge in [0.2, 0.25) is 5.88 Å². The molecule has 1 rings (SSSR count). The van der Waals surface area contributed by atoms with Crippen LogP contribution in [-0.4, -0.2) is 18.0 Å². The van der Waals surface area contributed by atoms with E-state index in [1.807, 2.05) is 19.9 Å². The quantitative estimate of drug-likeness (QED) is 0.891. The average Bonchev–Trinajstić information content (AvgIpc) is 2.25. The van der Waals surface area contributed by atoms with Gasteiger partial charge in [-0.1, -0.05) is 13.8 Å². The maximum absolute atomic E-state index is 12.0. The monoisotopic (exact) mass is 266 g/mol. The van der Waals surface area contributed by atoms with Crippen molar-refractivity contribution in [3.8, 4) is 5.88 Å². The third kappa shape index (κ3) is 4.83. The first-order valence-electron chi connectivity index (χ1n) is 5.14. The van der Waals surface area contributed by atoms with Gasteiger partial charge in [-0.2, -0.15) is 0 Å². The lowest BCUT2D eigenvalue weighted by atomic mass is 10.0. The van der Waals surface area contributed by atoms with E-state index < -0.39 is 13.0 Å². The molecule has 98 valence electrons. The van der Waals surface area contributed by atoms with Gasteiger partial charge in [-0.05, 0) is 17.5 Å². The third-order valence-corrected chi connectivity index (χ3v) is 2.14. The fourth-order valence-corrected chi connectivity index (χ4v) is 1.30. The van der Waals surface area contributed by atoms with E-state index >= 15 is 0 Å². The van der Waals surface area contributed by atoms with E-state index in [0.29, 0.717) is 6.54 Å². The number of aromatic nitrogens is 1. The molecule has 1 aromatic heterocycles. The van der Waals surface area contributed by atoms with Gasteiger partial charge in [0.15, 0.2) is 6.61 Å². The Kier molecular flexibility index (Phi) is 6.99. The molecule has 17 heavy (non-hydrogen) atoms. The minimum atomic E-state index is -2.49. The van der Waals surface area contributed by atoms with Crippen molar-refractivity contribution >= 4 is 12.4 Å². The lowest BCUT2D eigenvalue weighted by Gasteiger charge is -2.13. The number of pyridine rings is 1. The summed E-state index contributed by atoms with van der Waals surface area (Å²) in [6.07, 6.45) is -0.942. The largest absolute Gasteiger partial charge is 0.471 e. The lowest BCUT2D eigenvalue weighted by Crippen LogP contribution is -2.11. The summed E-state index contributed by atoms with van der Waals surface area (Å²) in [6, 6.07) is 1.85. The van der Waals surface area contributed by atoms with Gasteiger partial charge in [0.05, 0.1) is 0 Å². The molecule has 0 aliphatic carbocycles. The molecule has 0 fully saturated rings. The zero-order valence-corrected chi connectivity index (χ0v) is 10.6. The SMILES string of the molecule is CC(C)c1cc(CN)cnc1OCC(F)F.Cl. The van der Waals surface area contributed by atoms with Gasteiger partial charge in [0.25, 0.3) is 6.43 Å². The molecule has 0 spiro atoms. The fourth-order valence-electron chi connectivity index (χ4n) is 1.30. The summed E-state index contributed by atoms with van der Waals surface area (Å²) in [4.78, 5) is 4.01. The average molecular weight is 267 g/mol. The van der Waals surface area contributed by atoms with Gasteiger partial charge in [0, 0.05) is 18.3 Å². The first kappa shape index (κ1) is 16.1. The topological polar surface area (TPSA) is 48.1 Å². The smallest absolute Gasteiger partial charge is 0.272 e. The summed E-state index contributed by atoms with van der Waals surface area (Å²) in [6.45, 7) is 3.65. The van der Waals surface area contributed by atoms with Crippen LogP contribution in [0.25, 0.3) is 0 Å². The van der Waals surface area contributed by atoms with Crippen LogP contribution in [0.1, 0.15) is 30.9 Å². The van der Waals surface area contributed by atoms with Crippen molar-refractivity contribution in [3.63, 3.8) is 0 Å². The van der Waals surface area contributed by atoms with E-state index in [4.69, 9.17) is 10.5 Å². The van der Waals surface area contributed by atoms with Gasteiger partial charge in [-0.15, -0.1) is 12.4 Å². The molecule has 0 amide bonds. The first-order valence-corrected chi connectivity index (χ1v) is 5.14. The molecule has 6 heteroatoms. The molecule has 0 saturated carbocycles. The van der Waals surface area contributed by atoms with Crippen LogP contribution >= 0.6 is 12.4 Å². The Morgan fingerprint density at radius 3 is 2.53 bits per heavy atom. The number of hydrogen-bond acceptors (Lipinski definition) is 3. The minimum Gasteiger partial charge on any atom is -0.471 e. The maximum atomic E-state index is 12.0. The van der Waals surface area contributed by atoms with Crippen molar-refractivity contribution < 1.29 is 13.5 Å². The highest BCUT2D eigenvalue weighted by Crippen LogP contribution is 2.25. The number of hydrogen-bond donors (Lipinski definition) is 1. The molecule has 1 heterocycles. The second-order valence-electron chi connectivity index (χ2n) is 3.80. The standard InChI is InChI=1S/C11H16F2N2O.ClH/c1-7(2)9-3-8(4-14)5-15-11(9)16-6-10(12)13;/h3,5,7,10H,4,6,14H2,1-2H3;1H. The number of nitrogens with zero attached hydrogens (tertiary/aromatic N) is 1. The molecule has 0 saturated heterocycles. The molecule has 0 bridgehead atoms. The highest BCUT2D eigenvalue weighted by molar-refractivity contribution is 5.85. The van der Waals surface area contributed by atoms with Gasteiger partial charge < -0.3 is 10.5 Å². The summed E-state index contributed by atoms with van der Waals surface area (Å²) in [5.74, 6) is 0.430. The van der Waals surface area contributed by atoms with Crippen molar-refractivity contribution in [2.75, 3.05) is 6.61 Å². The predicted molar refractivity (Wildman–Crippen MR) is 65.0 cm³/mol. The Morgan fingerprint density at radius 2 is 2.06 bits per heavy atom. The number of nitrogens with two attached hydrogens (primary N) is 1. The minimum absolute atomic E-state index is 0. The van der Waals surface area contributed by atoms with Crippen molar-refractivity contribution in [1.82, 2.24) is 4.98 Å². The van der Waals surface area contributed by atoms with Crippen molar-refractivity contribution in [1.29, 1.82) is 0 Å². The van der Waals surface area contributed by atoms with Crippen molar-refractivity contribution in [3.05, 3.63) is 23.4 Å². The highest BCUT2D eigenvalue weighted by atomic mass is 35.5. The van der Waals surface area contributed by atoms with Crippen molar-refractivity contribution in [2.45, 2.75) is 32.7 Å². The summed E-state index contributed by atoms with van der Waals surface area (Å²) < 4.78 is 29.0. The predicted octanol–water partition coefficient (Wildman–Crippen LogP) is 2.73. The maximum Gasteiger partial charge on any atom is 0.272 e. The van der Waals surface area contributed by atoms with Crippen LogP contribution in [0.15, 0.2) is 12.3 Å². The third-order valence-electron chi connectivity index (χ3n) is 2.14. The summed E-state index contributed by atoms with van der Waals surface area (Å²) >= 11 is 0. The molecule has 0 atom stereocenters. The Hall–Kier alpha value is -0.940. The second-order valence-corrected chi connectivity index (χ2v) is 3.80. The van der Waals surface area contributed by atoms with Crippen LogP contribution in [0.4, 0.5) is 8.78 Å². The molecule has 0 aromatic carbocycles. The number of rotatable bonds is 5. The van der Waals surface area contributed by atoms with E-state index in [2.05, 4.69) is 4.98 Å². The number of alkyl halides is 2. The summed E-state index contributed by atoms with van der Waals surface area (Å²) in [5, 5.41) is 0. The highest BCUT2D eigenvalue weighted by Gasteiger charge is 2.12. The normalized spacial score (nSPS) is 10.5. The zero-order valence-electron chi connectivity index (χ0n) is 9.82. The zero-order chi connectivity index (χ0) is 12.1. The molecule has 3 nitrogen and oxygen atoms in total. The van der Waals surface area contributed by atoms with Crippen LogP contribution in [0.3, 0.4) is 0 Å². The van der Waals surface area contributed by atoms with Gasteiger partial charge in [0.1, 0.15) is 0 Å². The summed E-state index contributed by atoms with van der Waals surface area (Å²) in [7, 11) is 0. The van der Waals surface area contributed by atoms with Gasteiger partial charge >= 0.3 is 0 Å². The Bertz CT molecular complexity index is 348. The molecule has 2 N–H and O–H groups in total. The second kappa shape index (κ2) is 7.40. The molecular weight excluding hydrogens is 250 g/mol. The van der Waals surface area contributed by atoms with E-state index in [-0.39, 0.29) is 24.2 Å². The first-order chi connectivity index (χ1) is 7.54. The fraction of sp³-hybridized carbons (Fsp3) is 0.545. The van der Waals surface area contributed by atoms with Gasteiger partial charge in [-0.25, -0.2) is 13.8 Å². The van der Waals surface area contributed by atoms with E-state index in [0.717, 1.165) is 11.1 Å². The molecule has 0 aliphatic heterocycles. The lowest BCUT2D eigenvalue weighted by molar-refractivity contribution is 0.0789. The summed E-state index contributed by atoms with van der Waals surface area (Å²) in [5.41, 5.74) is 7.17. The number of halogens is 3. The Morgan fingerprint density at radius 1 is 1.41 bits per heavy atom. The molecule has 1 aromatic rings. The van der Waals surface area contributed by atoms with Gasteiger partial charge in [-0.3, -0.25) is 0 Å². The van der Waals surface area contributed by atoms with Crippen LogP contribution in [0.5, 0.6) is 5.88 Å². The molecule has 0 aliphatic rings. The van der Waals surface area contributed by atoms with Crippen molar-refractivity contribution in [2.24, 2.45) is 5.73 Å². The van der Waals surface area contributed by atoms with E-state index in [1.165, 1.54) is 0 Å². The van der Waals surface area contributed by atoms with E-state index in [1.54, 1.807) is 6.20 Å². The van der Waals surface area contributed by atoms with Crippen LogP contribution < -0.4 is 10.5 Å². The molecule has 0 unspecified atom stereocenters. The Balaban J connectivity index is 0.00000256.